The van der Waals surface area contributed by atoms with Gasteiger partial charge in [-0.3, -0.25) is 9.36 Å². The molecule has 0 fully saturated rings. The van der Waals surface area contributed by atoms with Crippen LogP contribution in [0.5, 0.6) is 0 Å². The number of halogens is 1. The SMILES string of the molecule is CCCn1c(CCl)nc2sc3c(c2c1=O)CCC(C)C3. The van der Waals surface area contributed by atoms with E-state index in [1.54, 1.807) is 15.9 Å². The van der Waals surface area contributed by atoms with E-state index in [4.69, 9.17) is 11.6 Å². The van der Waals surface area contributed by atoms with Crippen molar-refractivity contribution in [1.82, 2.24) is 9.55 Å². The van der Waals surface area contributed by atoms with Gasteiger partial charge in [-0.05, 0) is 37.2 Å². The number of thiophene rings is 1. The standard InChI is InChI=1S/C15H19ClN2OS/c1-3-6-18-12(8-16)17-14-13(15(18)19)10-5-4-9(2)7-11(10)20-14/h9H,3-8H2,1-2H3. The first-order valence-corrected chi connectivity index (χ1v) is 8.60. The Kier molecular flexibility index (Phi) is 3.87. The number of fused-ring (bicyclic) bond motifs is 3. The summed E-state index contributed by atoms with van der Waals surface area (Å²) in [6.45, 7) is 5.05. The molecule has 1 unspecified atom stereocenters. The van der Waals surface area contributed by atoms with Crippen LogP contribution in [0.2, 0.25) is 0 Å². The molecule has 1 aliphatic carbocycles. The number of rotatable bonds is 3. The molecule has 3 nitrogen and oxygen atoms in total. The van der Waals surface area contributed by atoms with Gasteiger partial charge in [0, 0.05) is 11.4 Å². The van der Waals surface area contributed by atoms with E-state index in [0.717, 1.165) is 29.5 Å². The normalized spacial score (nSPS) is 18.4. The summed E-state index contributed by atoms with van der Waals surface area (Å²) in [4.78, 5) is 19.7. The van der Waals surface area contributed by atoms with Crippen molar-refractivity contribution in [2.75, 3.05) is 0 Å². The first-order chi connectivity index (χ1) is 9.65. The van der Waals surface area contributed by atoms with E-state index < -0.39 is 0 Å². The van der Waals surface area contributed by atoms with Crippen molar-refractivity contribution in [1.29, 1.82) is 0 Å². The summed E-state index contributed by atoms with van der Waals surface area (Å²) in [6, 6.07) is 0. The third kappa shape index (κ3) is 2.19. The van der Waals surface area contributed by atoms with Gasteiger partial charge in [0.2, 0.25) is 0 Å². The predicted octanol–water partition coefficient (Wildman–Crippen LogP) is 3.73. The summed E-state index contributed by atoms with van der Waals surface area (Å²) < 4.78 is 1.76. The number of aryl methyl sites for hydroxylation is 1. The van der Waals surface area contributed by atoms with Crippen molar-refractivity contribution in [3.63, 3.8) is 0 Å². The number of aromatic nitrogens is 2. The van der Waals surface area contributed by atoms with E-state index in [9.17, 15) is 4.79 Å². The Bertz CT molecular complexity index is 704. The Morgan fingerprint density at radius 1 is 1.50 bits per heavy atom. The van der Waals surface area contributed by atoms with Crippen molar-refractivity contribution in [2.45, 2.75) is 52.0 Å². The van der Waals surface area contributed by atoms with Crippen molar-refractivity contribution in [2.24, 2.45) is 5.92 Å². The van der Waals surface area contributed by atoms with Gasteiger partial charge in [-0.2, -0.15) is 0 Å². The summed E-state index contributed by atoms with van der Waals surface area (Å²) in [5.74, 6) is 1.71. The van der Waals surface area contributed by atoms with Gasteiger partial charge in [0.05, 0.1) is 11.3 Å². The summed E-state index contributed by atoms with van der Waals surface area (Å²) in [5.41, 5.74) is 1.37. The molecule has 2 aromatic rings. The van der Waals surface area contributed by atoms with Gasteiger partial charge >= 0.3 is 0 Å². The minimum Gasteiger partial charge on any atom is -0.295 e. The topological polar surface area (TPSA) is 34.9 Å². The Labute approximate surface area is 127 Å². The molecule has 0 saturated heterocycles. The number of hydrogen-bond donors (Lipinski definition) is 0. The molecular weight excluding hydrogens is 292 g/mol. The van der Waals surface area contributed by atoms with Gasteiger partial charge in [-0.25, -0.2) is 4.98 Å². The molecule has 0 saturated carbocycles. The van der Waals surface area contributed by atoms with E-state index in [1.807, 2.05) is 0 Å². The maximum atomic E-state index is 12.8. The summed E-state index contributed by atoms with van der Waals surface area (Å²) in [6.07, 6.45) is 4.18. The molecule has 0 amide bonds. The quantitative estimate of drug-likeness (QED) is 0.810. The fraction of sp³-hybridized carbons (Fsp3) is 0.600. The van der Waals surface area contributed by atoms with Gasteiger partial charge in [-0.15, -0.1) is 22.9 Å². The molecule has 0 aliphatic heterocycles. The lowest BCUT2D eigenvalue weighted by Crippen LogP contribution is -2.25. The number of nitrogens with zero attached hydrogens (tertiary/aromatic N) is 2. The molecule has 1 aliphatic rings. The van der Waals surface area contributed by atoms with E-state index in [2.05, 4.69) is 18.8 Å². The zero-order valence-electron chi connectivity index (χ0n) is 11.9. The largest absolute Gasteiger partial charge is 0.295 e. The van der Waals surface area contributed by atoms with Crippen LogP contribution >= 0.6 is 22.9 Å². The van der Waals surface area contributed by atoms with E-state index in [-0.39, 0.29) is 5.56 Å². The zero-order valence-corrected chi connectivity index (χ0v) is 13.5. The van der Waals surface area contributed by atoms with Gasteiger partial charge in [0.15, 0.2) is 0 Å². The molecule has 20 heavy (non-hydrogen) atoms. The van der Waals surface area contributed by atoms with Crippen molar-refractivity contribution >= 4 is 33.2 Å². The molecule has 0 spiro atoms. The van der Waals surface area contributed by atoms with E-state index in [1.165, 1.54) is 16.9 Å². The van der Waals surface area contributed by atoms with Crippen LogP contribution in [0.4, 0.5) is 0 Å². The minimum atomic E-state index is 0.111. The van der Waals surface area contributed by atoms with E-state index >= 15 is 0 Å². The van der Waals surface area contributed by atoms with Crippen LogP contribution in [-0.2, 0) is 25.3 Å². The Morgan fingerprint density at radius 2 is 2.30 bits per heavy atom. The highest BCUT2D eigenvalue weighted by Crippen LogP contribution is 2.35. The summed E-state index contributed by atoms with van der Waals surface area (Å²) in [5, 5.41) is 0.860. The van der Waals surface area contributed by atoms with Gasteiger partial charge in [0.25, 0.3) is 5.56 Å². The highest BCUT2D eigenvalue weighted by atomic mass is 35.5. The number of hydrogen-bond acceptors (Lipinski definition) is 3. The molecule has 0 radical (unpaired) electrons. The zero-order chi connectivity index (χ0) is 14.3. The smallest absolute Gasteiger partial charge is 0.262 e. The lowest BCUT2D eigenvalue weighted by molar-refractivity contribution is 0.509. The first kappa shape index (κ1) is 14.1. The second-order valence-electron chi connectivity index (χ2n) is 5.65. The van der Waals surface area contributed by atoms with Crippen LogP contribution in [0.15, 0.2) is 4.79 Å². The van der Waals surface area contributed by atoms with E-state index in [0.29, 0.717) is 24.2 Å². The molecule has 0 bridgehead atoms. The van der Waals surface area contributed by atoms with Crippen LogP contribution in [0.25, 0.3) is 10.2 Å². The lowest BCUT2D eigenvalue weighted by atomic mass is 9.89. The summed E-state index contributed by atoms with van der Waals surface area (Å²) in [7, 11) is 0. The summed E-state index contributed by atoms with van der Waals surface area (Å²) >= 11 is 7.66. The molecule has 108 valence electrons. The van der Waals surface area contributed by atoms with Crippen LogP contribution in [0.1, 0.15) is 43.0 Å². The molecule has 3 rings (SSSR count). The molecule has 0 aromatic carbocycles. The minimum absolute atomic E-state index is 0.111. The maximum absolute atomic E-state index is 12.8. The predicted molar refractivity (Wildman–Crippen MR) is 84.9 cm³/mol. The van der Waals surface area contributed by atoms with Crippen molar-refractivity contribution < 1.29 is 0 Å². The third-order valence-electron chi connectivity index (χ3n) is 4.06. The molecule has 0 N–H and O–H groups in total. The molecule has 5 heteroatoms. The first-order valence-electron chi connectivity index (χ1n) is 7.25. The second-order valence-corrected chi connectivity index (χ2v) is 7.00. The Hall–Kier alpha value is -0.870. The molecule has 2 aromatic heterocycles. The van der Waals surface area contributed by atoms with Crippen LogP contribution in [-0.4, -0.2) is 9.55 Å². The van der Waals surface area contributed by atoms with Crippen LogP contribution in [0.3, 0.4) is 0 Å². The fourth-order valence-corrected chi connectivity index (χ4v) is 4.62. The highest BCUT2D eigenvalue weighted by Gasteiger charge is 2.24. The molecular formula is C15H19ClN2OS. The van der Waals surface area contributed by atoms with Gasteiger partial charge in [0.1, 0.15) is 10.7 Å². The average molecular weight is 311 g/mol. The van der Waals surface area contributed by atoms with Crippen LogP contribution in [0, 0.1) is 5.92 Å². The fourth-order valence-electron chi connectivity index (χ4n) is 3.02. The van der Waals surface area contributed by atoms with Gasteiger partial charge < -0.3 is 0 Å². The average Bonchev–Trinajstić information content (AvgIpc) is 2.79. The van der Waals surface area contributed by atoms with Gasteiger partial charge in [-0.1, -0.05) is 13.8 Å². The maximum Gasteiger partial charge on any atom is 0.262 e. The van der Waals surface area contributed by atoms with Crippen molar-refractivity contribution in [3.05, 3.63) is 26.6 Å². The Morgan fingerprint density at radius 3 is 3.00 bits per heavy atom. The monoisotopic (exact) mass is 310 g/mol. The van der Waals surface area contributed by atoms with Crippen molar-refractivity contribution in [3.8, 4) is 0 Å². The van der Waals surface area contributed by atoms with Crippen LogP contribution < -0.4 is 5.56 Å². The third-order valence-corrected chi connectivity index (χ3v) is 5.45. The highest BCUT2D eigenvalue weighted by molar-refractivity contribution is 7.18. The molecule has 1 atom stereocenters. The lowest BCUT2D eigenvalue weighted by Gasteiger charge is -2.17. The Balaban J connectivity index is 2.27. The second kappa shape index (κ2) is 5.49. The number of alkyl halides is 1. The molecule has 2 heterocycles.